The van der Waals surface area contributed by atoms with E-state index in [1.807, 2.05) is 0 Å². The molecule has 1 aromatic rings. The van der Waals surface area contributed by atoms with Crippen molar-refractivity contribution in [3.05, 3.63) is 34.3 Å². The fraction of sp³-hybridized carbons (Fsp3) is 0.273. The van der Waals surface area contributed by atoms with Crippen LogP contribution in [0.3, 0.4) is 0 Å². The molecule has 1 amide bonds. The van der Waals surface area contributed by atoms with Gasteiger partial charge in [-0.3, -0.25) is 4.79 Å². The van der Waals surface area contributed by atoms with Crippen molar-refractivity contribution in [2.24, 2.45) is 5.10 Å². The number of hydrogen-bond donors (Lipinski definition) is 1. The molecule has 1 atom stereocenters. The Morgan fingerprint density at radius 2 is 1.95 bits per heavy atom. The van der Waals surface area contributed by atoms with Gasteiger partial charge in [0.1, 0.15) is 0 Å². The Bertz CT molecular complexity index is 530. The van der Waals surface area contributed by atoms with Gasteiger partial charge in [0, 0.05) is 4.47 Å². The van der Waals surface area contributed by atoms with Crippen molar-refractivity contribution in [3.8, 4) is 0 Å². The molecule has 1 heterocycles. The van der Waals surface area contributed by atoms with Crippen LogP contribution in [-0.2, 0) is 4.79 Å². The van der Waals surface area contributed by atoms with E-state index in [9.17, 15) is 23.1 Å². The summed E-state index contributed by atoms with van der Waals surface area (Å²) in [5, 5.41) is 13.1. The molecule has 4 nitrogen and oxygen atoms in total. The van der Waals surface area contributed by atoms with Crippen LogP contribution in [0.1, 0.15) is 12.0 Å². The number of carbonyl (C=O) groups is 1. The minimum atomic E-state index is -4.98. The van der Waals surface area contributed by atoms with Gasteiger partial charge < -0.3 is 5.11 Å². The van der Waals surface area contributed by atoms with Crippen molar-refractivity contribution in [3.63, 3.8) is 0 Å². The fourth-order valence-electron chi connectivity index (χ4n) is 1.71. The van der Waals surface area contributed by atoms with Crippen LogP contribution in [0.5, 0.6) is 0 Å². The second-order valence-corrected chi connectivity index (χ2v) is 4.91. The van der Waals surface area contributed by atoms with Crippen LogP contribution in [0, 0.1) is 0 Å². The summed E-state index contributed by atoms with van der Waals surface area (Å²) in [6.07, 6.45) is -5.91. The van der Waals surface area contributed by atoms with Crippen LogP contribution in [-0.4, -0.2) is 34.1 Å². The molecule has 0 bridgehead atoms. The van der Waals surface area contributed by atoms with Crippen molar-refractivity contribution < 1.29 is 23.1 Å². The van der Waals surface area contributed by atoms with E-state index in [4.69, 9.17) is 0 Å². The molecule has 102 valence electrons. The lowest BCUT2D eigenvalue weighted by molar-refractivity contribution is -0.299. The van der Waals surface area contributed by atoms with E-state index >= 15 is 0 Å². The Morgan fingerprint density at radius 1 is 1.37 bits per heavy atom. The van der Waals surface area contributed by atoms with Gasteiger partial charge in [0.05, 0.1) is 12.1 Å². The average molecular weight is 337 g/mol. The van der Waals surface area contributed by atoms with Crippen LogP contribution in [0.15, 0.2) is 33.8 Å². The standard InChI is InChI=1S/C11H8BrF3N2O2/c12-8-3-1-7(2-4-8)9-5-10(19,11(13,14)15)17(6-18)16-9/h1-4,6,19H,5H2. The molecule has 0 spiro atoms. The van der Waals surface area contributed by atoms with E-state index in [1.54, 1.807) is 24.3 Å². The monoisotopic (exact) mass is 336 g/mol. The number of rotatable bonds is 2. The van der Waals surface area contributed by atoms with E-state index in [2.05, 4.69) is 21.0 Å². The third-order valence-corrected chi connectivity index (χ3v) is 3.28. The minimum Gasteiger partial charge on any atom is -0.362 e. The van der Waals surface area contributed by atoms with Crippen molar-refractivity contribution in [1.82, 2.24) is 5.01 Å². The topological polar surface area (TPSA) is 52.9 Å². The lowest BCUT2D eigenvalue weighted by atomic mass is 10.0. The second-order valence-electron chi connectivity index (χ2n) is 3.99. The van der Waals surface area contributed by atoms with E-state index in [0.29, 0.717) is 5.56 Å². The molecular formula is C11H8BrF3N2O2. The van der Waals surface area contributed by atoms with E-state index in [1.165, 1.54) is 0 Å². The summed E-state index contributed by atoms with van der Waals surface area (Å²) in [4.78, 5) is 10.7. The van der Waals surface area contributed by atoms with Gasteiger partial charge in [-0.2, -0.15) is 23.3 Å². The summed E-state index contributed by atoms with van der Waals surface area (Å²) in [7, 11) is 0. The number of nitrogens with zero attached hydrogens (tertiary/aromatic N) is 2. The van der Waals surface area contributed by atoms with Crippen molar-refractivity contribution in [2.45, 2.75) is 18.3 Å². The maximum atomic E-state index is 12.8. The smallest absolute Gasteiger partial charge is 0.362 e. The molecule has 2 rings (SSSR count). The van der Waals surface area contributed by atoms with E-state index in [0.717, 1.165) is 4.47 Å². The lowest BCUT2D eigenvalue weighted by Crippen LogP contribution is -2.54. The number of benzene rings is 1. The van der Waals surface area contributed by atoms with Crippen LogP contribution >= 0.6 is 15.9 Å². The molecule has 0 aliphatic carbocycles. The van der Waals surface area contributed by atoms with E-state index < -0.39 is 18.3 Å². The molecule has 0 radical (unpaired) electrons. The molecule has 0 fully saturated rings. The largest absolute Gasteiger partial charge is 0.438 e. The number of halogens is 4. The normalized spacial score (nSPS) is 23.4. The maximum Gasteiger partial charge on any atom is 0.438 e. The van der Waals surface area contributed by atoms with Crippen LogP contribution in [0.2, 0.25) is 0 Å². The number of amides is 1. The van der Waals surface area contributed by atoms with Crippen LogP contribution in [0.4, 0.5) is 13.2 Å². The lowest BCUT2D eigenvalue weighted by Gasteiger charge is -2.29. The Kier molecular flexibility index (Phi) is 3.40. The van der Waals surface area contributed by atoms with Crippen LogP contribution < -0.4 is 0 Å². The zero-order valence-corrected chi connectivity index (χ0v) is 10.9. The van der Waals surface area contributed by atoms with Crippen LogP contribution in [0.25, 0.3) is 0 Å². The van der Waals surface area contributed by atoms with Gasteiger partial charge in [-0.15, -0.1) is 0 Å². The van der Waals surface area contributed by atoms with Gasteiger partial charge >= 0.3 is 6.18 Å². The summed E-state index contributed by atoms with van der Waals surface area (Å²) >= 11 is 3.20. The van der Waals surface area contributed by atoms with Crippen molar-refractivity contribution >= 4 is 28.1 Å². The van der Waals surface area contributed by atoms with Crippen molar-refractivity contribution in [1.29, 1.82) is 0 Å². The first-order valence-electron chi connectivity index (χ1n) is 5.15. The van der Waals surface area contributed by atoms with Gasteiger partial charge in [0.25, 0.3) is 5.72 Å². The zero-order valence-electron chi connectivity index (χ0n) is 9.36. The maximum absolute atomic E-state index is 12.8. The first-order valence-corrected chi connectivity index (χ1v) is 5.94. The highest BCUT2D eigenvalue weighted by Gasteiger charge is 2.61. The summed E-state index contributed by atoms with van der Waals surface area (Å²) in [6.45, 7) is 0. The predicted octanol–water partition coefficient (Wildman–Crippen LogP) is 2.27. The third-order valence-electron chi connectivity index (χ3n) is 2.75. The zero-order chi connectivity index (χ0) is 14.3. The summed E-state index contributed by atoms with van der Waals surface area (Å²) in [5.74, 6) is 0. The highest BCUT2D eigenvalue weighted by atomic mass is 79.9. The van der Waals surface area contributed by atoms with E-state index in [-0.39, 0.29) is 17.1 Å². The fourth-order valence-corrected chi connectivity index (χ4v) is 1.97. The first-order chi connectivity index (χ1) is 8.78. The van der Waals surface area contributed by atoms with Crippen molar-refractivity contribution in [2.75, 3.05) is 0 Å². The number of hydrogen-bond acceptors (Lipinski definition) is 3. The summed E-state index contributed by atoms with van der Waals surface area (Å²) in [6, 6.07) is 6.37. The molecular weight excluding hydrogens is 329 g/mol. The Labute approximate surface area is 114 Å². The summed E-state index contributed by atoms with van der Waals surface area (Å²) < 4.78 is 39.2. The highest BCUT2D eigenvalue weighted by Crippen LogP contribution is 2.40. The average Bonchev–Trinajstić information content (AvgIpc) is 2.68. The minimum absolute atomic E-state index is 0.000532. The number of alkyl halides is 3. The SMILES string of the molecule is O=CN1N=C(c2ccc(Br)cc2)CC1(O)C(F)(F)F. The molecule has 19 heavy (non-hydrogen) atoms. The predicted molar refractivity (Wildman–Crippen MR) is 64.2 cm³/mol. The van der Waals surface area contributed by atoms with Gasteiger partial charge in [0.15, 0.2) is 0 Å². The van der Waals surface area contributed by atoms with Gasteiger partial charge in [-0.05, 0) is 17.7 Å². The molecule has 1 aliphatic rings. The molecule has 1 aromatic carbocycles. The quantitative estimate of drug-likeness (QED) is 0.842. The van der Waals surface area contributed by atoms with Gasteiger partial charge in [-0.25, -0.2) is 0 Å². The Morgan fingerprint density at radius 3 is 2.37 bits per heavy atom. The number of aliphatic hydroxyl groups is 1. The highest BCUT2D eigenvalue weighted by molar-refractivity contribution is 9.10. The first kappa shape index (κ1) is 14.0. The molecule has 1 N–H and O–H groups in total. The Hall–Kier alpha value is -1.41. The molecule has 0 saturated heterocycles. The molecule has 0 aromatic heterocycles. The number of hydrazone groups is 1. The molecule has 1 unspecified atom stereocenters. The summed E-state index contributed by atoms with van der Waals surface area (Å²) in [5.41, 5.74) is -2.87. The van der Waals surface area contributed by atoms with Gasteiger partial charge in [-0.1, -0.05) is 28.1 Å². The second kappa shape index (κ2) is 4.61. The third kappa shape index (κ3) is 2.37. The van der Waals surface area contributed by atoms with Gasteiger partial charge in [0.2, 0.25) is 6.41 Å². The molecule has 0 saturated carbocycles. The Balaban J connectivity index is 2.36. The molecule has 1 aliphatic heterocycles. The molecule has 8 heteroatoms. The number of carbonyl (C=O) groups excluding carboxylic acids is 1.